The Kier molecular flexibility index (Phi) is 19.8. The fourth-order valence-corrected chi connectivity index (χ4v) is 10.9. The van der Waals surface area contributed by atoms with Gasteiger partial charge in [0.05, 0.1) is 12.3 Å². The molecule has 2 N–H and O–H groups in total. The quantitative estimate of drug-likeness (QED) is 0.0303. The van der Waals surface area contributed by atoms with E-state index in [2.05, 4.69) is 13.5 Å². The second kappa shape index (κ2) is 24.7. The van der Waals surface area contributed by atoms with Crippen molar-refractivity contribution in [1.82, 2.24) is 4.90 Å². The number of rotatable bonds is 26. The number of fused-ring (bicyclic) bond motifs is 4. The van der Waals surface area contributed by atoms with Crippen LogP contribution in [0.1, 0.15) is 181 Å². The Balaban J connectivity index is 1.14. The minimum atomic E-state index is -1.67. The first-order valence-electron chi connectivity index (χ1n) is 25.0. The SMILES string of the molecule is C=C(C)[C@@H]1CC[C@@H](C)[C@@]2(O)[C@@H]1C=C(C)[C@@H](OC(C)=O)[C@@H]2OC(=O)[C@@H]1C[C@@]2(O)c3ccccc3N(C)O[C@H]2N1/C=C/C(=O)OCCCCCCCCCCCCCCCCCCCCC. The molecule has 64 heavy (non-hydrogen) atoms. The summed E-state index contributed by atoms with van der Waals surface area (Å²) >= 11 is 0. The summed E-state index contributed by atoms with van der Waals surface area (Å²) in [6.07, 6.45) is 27.0. The average Bonchev–Trinajstić information content (AvgIpc) is 3.56. The lowest BCUT2D eigenvalue weighted by Gasteiger charge is -2.55. The van der Waals surface area contributed by atoms with Crippen LogP contribution in [-0.4, -0.2) is 76.8 Å². The lowest BCUT2D eigenvalue weighted by Crippen LogP contribution is -2.66. The number of allylic oxidation sites excluding steroid dienone is 1. The third-order valence-corrected chi connectivity index (χ3v) is 14.6. The fraction of sp³-hybridized carbons (Fsp3) is 0.717. The maximum Gasteiger partial charge on any atom is 0.332 e. The molecule has 0 amide bonds. The van der Waals surface area contributed by atoms with E-state index in [1.807, 2.05) is 45.0 Å². The molecule has 358 valence electrons. The smallest absolute Gasteiger partial charge is 0.332 e. The number of anilines is 1. The first kappa shape index (κ1) is 51.3. The average molecular weight is 891 g/mol. The number of carbonyl (C=O) groups excluding carboxylic acids is 3. The molecular weight excluding hydrogens is 809 g/mol. The predicted octanol–water partition coefficient (Wildman–Crippen LogP) is 10.9. The molecule has 2 fully saturated rings. The highest BCUT2D eigenvalue weighted by Gasteiger charge is 2.63. The van der Waals surface area contributed by atoms with Crippen LogP contribution in [0.4, 0.5) is 5.69 Å². The van der Waals surface area contributed by atoms with Gasteiger partial charge in [0.1, 0.15) is 17.2 Å². The number of hydroxylamine groups is 1. The maximum atomic E-state index is 14.7. The molecule has 2 aliphatic carbocycles. The molecule has 5 rings (SSSR count). The van der Waals surface area contributed by atoms with E-state index in [9.17, 15) is 24.6 Å². The van der Waals surface area contributed by atoms with Crippen molar-refractivity contribution in [2.45, 2.75) is 212 Å². The van der Waals surface area contributed by atoms with Crippen molar-refractivity contribution in [3.63, 3.8) is 0 Å². The third kappa shape index (κ3) is 12.8. The minimum Gasteiger partial charge on any atom is -0.462 e. The first-order valence-corrected chi connectivity index (χ1v) is 25.0. The van der Waals surface area contributed by atoms with Crippen molar-refractivity contribution in [1.29, 1.82) is 0 Å². The monoisotopic (exact) mass is 891 g/mol. The second-order valence-corrected chi connectivity index (χ2v) is 19.6. The van der Waals surface area contributed by atoms with Gasteiger partial charge in [-0.25, -0.2) is 14.4 Å². The van der Waals surface area contributed by atoms with Crippen LogP contribution in [0, 0.1) is 17.8 Å². The van der Waals surface area contributed by atoms with E-state index in [-0.39, 0.29) is 24.9 Å². The Labute approximate surface area is 384 Å². The number of esters is 3. The van der Waals surface area contributed by atoms with E-state index < -0.39 is 59.5 Å². The molecule has 11 heteroatoms. The van der Waals surface area contributed by atoms with Crippen LogP contribution in [0.25, 0.3) is 0 Å². The van der Waals surface area contributed by atoms with Crippen molar-refractivity contribution in [3.8, 4) is 0 Å². The third-order valence-electron chi connectivity index (χ3n) is 14.6. The van der Waals surface area contributed by atoms with E-state index in [1.165, 1.54) is 127 Å². The summed E-state index contributed by atoms with van der Waals surface area (Å²) in [6, 6.07) is 6.13. The van der Waals surface area contributed by atoms with Crippen LogP contribution >= 0.6 is 0 Å². The van der Waals surface area contributed by atoms with Crippen molar-refractivity contribution >= 4 is 23.6 Å². The Bertz CT molecular complexity index is 1750. The highest BCUT2D eigenvalue weighted by atomic mass is 16.7. The standard InChI is InChI=1S/C53H82N2O9/c1-8-9-10-11-12-13-14-15-16-17-18-19-20-21-22-23-24-25-28-35-61-47(57)33-34-55-46(37-52(59)43-29-26-27-30-45(43)54(7)64-51(52)55)50(58)63-49-48(62-41(6)56)39(4)36-44-42(38(2)3)32-31-40(5)53(44,49)60/h26-27,29-30,33-34,36,40,42,44,46,48-49,51,59-60H,2,8-25,28,31-32,35,37H2,1,3-7H3/b34-33+/t40-,42+,44-,46+,48-,49+,51-,52-,53-/m1/s1. The van der Waals surface area contributed by atoms with Gasteiger partial charge in [0.2, 0.25) is 0 Å². The minimum absolute atomic E-state index is 0.0737. The molecule has 11 nitrogen and oxygen atoms in total. The van der Waals surface area contributed by atoms with Crippen LogP contribution in [0.2, 0.25) is 0 Å². The van der Waals surface area contributed by atoms with Crippen molar-refractivity contribution in [2.24, 2.45) is 17.8 Å². The van der Waals surface area contributed by atoms with Gasteiger partial charge >= 0.3 is 17.9 Å². The molecule has 1 saturated carbocycles. The zero-order valence-corrected chi connectivity index (χ0v) is 40.2. The van der Waals surface area contributed by atoms with E-state index in [4.69, 9.17) is 19.0 Å². The van der Waals surface area contributed by atoms with Gasteiger partial charge in [0, 0.05) is 44.1 Å². The summed E-state index contributed by atoms with van der Waals surface area (Å²) in [5.74, 6) is -2.72. The molecule has 1 aromatic rings. The molecule has 9 atom stereocenters. The normalized spacial score (nSPS) is 28.6. The van der Waals surface area contributed by atoms with E-state index in [0.29, 0.717) is 23.2 Å². The van der Waals surface area contributed by atoms with Gasteiger partial charge in [0.25, 0.3) is 0 Å². The van der Waals surface area contributed by atoms with Gasteiger partial charge in [-0.05, 0) is 56.6 Å². The number of para-hydroxylation sites is 1. The number of hydrogen-bond donors (Lipinski definition) is 2. The molecule has 2 aliphatic heterocycles. The molecule has 0 radical (unpaired) electrons. The number of aliphatic hydroxyl groups is 2. The van der Waals surface area contributed by atoms with E-state index >= 15 is 0 Å². The van der Waals surface area contributed by atoms with Crippen LogP contribution in [0.3, 0.4) is 0 Å². The molecule has 0 bridgehead atoms. The number of carbonyl (C=O) groups is 3. The lowest BCUT2D eigenvalue weighted by atomic mass is 9.56. The molecule has 2 heterocycles. The predicted molar refractivity (Wildman–Crippen MR) is 252 cm³/mol. The molecule has 0 aromatic heterocycles. The Hall–Kier alpha value is -3.67. The van der Waals surface area contributed by atoms with E-state index in [1.54, 1.807) is 18.2 Å². The molecule has 1 saturated heterocycles. The highest BCUT2D eigenvalue weighted by Crippen LogP contribution is 2.53. The fourth-order valence-electron chi connectivity index (χ4n) is 10.9. The van der Waals surface area contributed by atoms with Crippen LogP contribution in [-0.2, 0) is 39.0 Å². The highest BCUT2D eigenvalue weighted by molar-refractivity contribution is 5.82. The summed E-state index contributed by atoms with van der Waals surface area (Å²) in [5.41, 5.74) is -0.471. The molecular formula is C53H82N2O9. The largest absolute Gasteiger partial charge is 0.462 e. The van der Waals surface area contributed by atoms with Crippen molar-refractivity contribution in [3.05, 3.63) is 65.9 Å². The zero-order valence-electron chi connectivity index (χ0n) is 40.2. The molecule has 4 aliphatic rings. The summed E-state index contributed by atoms with van der Waals surface area (Å²) in [6.45, 7) is 13.8. The Morgan fingerprint density at radius 2 is 1.41 bits per heavy atom. The summed E-state index contributed by atoms with van der Waals surface area (Å²) < 4.78 is 17.8. The lowest BCUT2D eigenvalue weighted by molar-refractivity contribution is -0.222. The summed E-state index contributed by atoms with van der Waals surface area (Å²) in [4.78, 5) is 48.1. The zero-order chi connectivity index (χ0) is 46.3. The van der Waals surface area contributed by atoms with Crippen molar-refractivity contribution < 1.29 is 43.6 Å². The summed E-state index contributed by atoms with van der Waals surface area (Å²) in [5, 5.41) is 26.7. The number of unbranched alkanes of at least 4 members (excludes halogenated alkanes) is 18. The van der Waals surface area contributed by atoms with Crippen LogP contribution in [0.5, 0.6) is 0 Å². The molecule has 0 spiro atoms. The first-order chi connectivity index (χ1) is 30.7. The van der Waals surface area contributed by atoms with Crippen LogP contribution < -0.4 is 5.06 Å². The van der Waals surface area contributed by atoms with Gasteiger partial charge in [-0.1, -0.05) is 166 Å². The number of ether oxygens (including phenoxy) is 3. The topological polar surface area (TPSA) is 135 Å². The number of benzene rings is 1. The number of nitrogens with zero attached hydrogens (tertiary/aromatic N) is 2. The van der Waals surface area contributed by atoms with E-state index in [0.717, 1.165) is 31.3 Å². The summed E-state index contributed by atoms with van der Waals surface area (Å²) in [7, 11) is 1.72. The Morgan fingerprint density at radius 1 is 0.844 bits per heavy atom. The maximum absolute atomic E-state index is 14.7. The number of hydrogen-bond acceptors (Lipinski definition) is 11. The van der Waals surface area contributed by atoms with Gasteiger partial charge in [0.15, 0.2) is 18.4 Å². The molecule has 0 unspecified atom stereocenters. The van der Waals surface area contributed by atoms with Gasteiger partial charge in [-0.2, -0.15) is 0 Å². The second-order valence-electron chi connectivity index (χ2n) is 19.6. The number of likely N-dealkylation sites (tertiary alicyclic amines) is 1. The van der Waals surface area contributed by atoms with Gasteiger partial charge < -0.3 is 29.3 Å². The van der Waals surface area contributed by atoms with Gasteiger partial charge in [-0.15, -0.1) is 0 Å². The van der Waals surface area contributed by atoms with Crippen LogP contribution in [0.15, 0.2) is 60.3 Å². The van der Waals surface area contributed by atoms with Crippen molar-refractivity contribution in [2.75, 3.05) is 18.7 Å². The van der Waals surface area contributed by atoms with Gasteiger partial charge in [-0.3, -0.25) is 9.86 Å². The Morgan fingerprint density at radius 3 is 1.97 bits per heavy atom. The molecule has 1 aromatic carbocycles.